The molecule has 2 aliphatic rings. The van der Waals surface area contributed by atoms with Crippen molar-refractivity contribution in [2.45, 2.75) is 75.4 Å². The van der Waals surface area contributed by atoms with E-state index in [0.717, 1.165) is 56.9 Å². The molecule has 2 fully saturated rings. The van der Waals surface area contributed by atoms with Gasteiger partial charge in [0.25, 0.3) is 0 Å². The fourth-order valence-electron chi connectivity index (χ4n) is 3.56. The molecule has 3 heteroatoms. The summed E-state index contributed by atoms with van der Waals surface area (Å²) < 4.78 is 5.27. The summed E-state index contributed by atoms with van der Waals surface area (Å²) in [5, 5.41) is 21.5. The molecular weight excluding hydrogens is 240 g/mol. The zero-order valence-corrected chi connectivity index (χ0v) is 12.2. The van der Waals surface area contributed by atoms with Crippen LogP contribution in [0.15, 0.2) is 11.6 Å². The van der Waals surface area contributed by atoms with E-state index >= 15 is 0 Å². The molecule has 0 heterocycles. The monoisotopic (exact) mass is 268 g/mol. The summed E-state index contributed by atoms with van der Waals surface area (Å²) in [6, 6.07) is 0. The van der Waals surface area contributed by atoms with Crippen LogP contribution in [0.3, 0.4) is 0 Å². The molecule has 0 bridgehead atoms. The standard InChI is InChI=1S/C16H28O3/c1-19-13-14(16(18)10-6-3-7-11-16)12-15(17)8-4-2-5-9-15/h12,17-18H,2-11,13H2,1H3/b14-12+. The van der Waals surface area contributed by atoms with Gasteiger partial charge >= 0.3 is 0 Å². The molecule has 0 unspecified atom stereocenters. The molecule has 19 heavy (non-hydrogen) atoms. The van der Waals surface area contributed by atoms with Crippen LogP contribution in [0.25, 0.3) is 0 Å². The lowest BCUT2D eigenvalue weighted by atomic mass is 9.76. The minimum atomic E-state index is -0.749. The molecule has 0 aromatic heterocycles. The molecule has 2 saturated carbocycles. The molecule has 0 aromatic carbocycles. The quantitative estimate of drug-likeness (QED) is 0.771. The first kappa shape index (κ1) is 15.0. The lowest BCUT2D eigenvalue weighted by Gasteiger charge is -2.37. The van der Waals surface area contributed by atoms with Crippen molar-refractivity contribution in [3.8, 4) is 0 Å². The maximum Gasteiger partial charge on any atom is 0.0879 e. The molecule has 3 nitrogen and oxygen atoms in total. The first-order chi connectivity index (χ1) is 9.08. The fourth-order valence-corrected chi connectivity index (χ4v) is 3.56. The van der Waals surface area contributed by atoms with E-state index in [9.17, 15) is 10.2 Å². The molecule has 0 saturated heterocycles. The van der Waals surface area contributed by atoms with Crippen LogP contribution in [0.4, 0.5) is 0 Å². The van der Waals surface area contributed by atoms with Crippen LogP contribution in [-0.4, -0.2) is 35.1 Å². The predicted octanol–water partition coefficient (Wildman–Crippen LogP) is 2.95. The summed E-state index contributed by atoms with van der Waals surface area (Å²) >= 11 is 0. The Labute approximate surface area is 116 Å². The van der Waals surface area contributed by atoms with E-state index in [1.165, 1.54) is 12.8 Å². The van der Waals surface area contributed by atoms with E-state index in [1.807, 2.05) is 6.08 Å². The van der Waals surface area contributed by atoms with Gasteiger partial charge in [0.1, 0.15) is 0 Å². The van der Waals surface area contributed by atoms with Gasteiger partial charge < -0.3 is 14.9 Å². The van der Waals surface area contributed by atoms with Crippen molar-refractivity contribution in [1.82, 2.24) is 0 Å². The second kappa shape index (κ2) is 6.38. The van der Waals surface area contributed by atoms with Gasteiger partial charge in [0, 0.05) is 7.11 Å². The lowest BCUT2D eigenvalue weighted by Crippen LogP contribution is -2.38. The van der Waals surface area contributed by atoms with Crippen molar-refractivity contribution >= 4 is 0 Å². The average Bonchev–Trinajstić information content (AvgIpc) is 2.40. The summed E-state index contributed by atoms with van der Waals surface area (Å²) in [5.74, 6) is 0. The Bertz CT molecular complexity index is 310. The van der Waals surface area contributed by atoms with Gasteiger partial charge in [0.2, 0.25) is 0 Å². The van der Waals surface area contributed by atoms with Crippen molar-refractivity contribution in [1.29, 1.82) is 0 Å². The van der Waals surface area contributed by atoms with E-state index in [0.29, 0.717) is 6.61 Å². The number of ether oxygens (including phenoxy) is 1. The highest BCUT2D eigenvalue weighted by molar-refractivity contribution is 5.23. The zero-order valence-electron chi connectivity index (χ0n) is 12.2. The second-order valence-corrected chi connectivity index (χ2v) is 6.36. The number of rotatable bonds is 4. The van der Waals surface area contributed by atoms with Gasteiger partial charge in [-0.15, -0.1) is 0 Å². The third-order valence-corrected chi connectivity index (χ3v) is 4.74. The highest BCUT2D eigenvalue weighted by Gasteiger charge is 2.36. The SMILES string of the molecule is COC/C(=C\C1(O)CCCCC1)C1(O)CCCCC1. The Morgan fingerprint density at radius 3 is 2.00 bits per heavy atom. The summed E-state index contributed by atoms with van der Waals surface area (Å²) in [4.78, 5) is 0. The number of aliphatic hydroxyl groups is 2. The van der Waals surface area contributed by atoms with Crippen molar-refractivity contribution in [3.05, 3.63) is 11.6 Å². The Morgan fingerprint density at radius 1 is 0.947 bits per heavy atom. The van der Waals surface area contributed by atoms with Crippen LogP contribution in [0.2, 0.25) is 0 Å². The maximum absolute atomic E-state index is 10.8. The zero-order chi connectivity index (χ0) is 13.8. The van der Waals surface area contributed by atoms with E-state index in [1.54, 1.807) is 7.11 Å². The van der Waals surface area contributed by atoms with Crippen LogP contribution in [0, 0.1) is 0 Å². The van der Waals surface area contributed by atoms with Crippen molar-refractivity contribution in [2.24, 2.45) is 0 Å². The third-order valence-electron chi connectivity index (χ3n) is 4.74. The van der Waals surface area contributed by atoms with Gasteiger partial charge in [-0.2, -0.15) is 0 Å². The summed E-state index contributed by atoms with van der Waals surface area (Å²) in [6.45, 7) is 0.429. The topological polar surface area (TPSA) is 49.7 Å². The van der Waals surface area contributed by atoms with Crippen LogP contribution in [-0.2, 0) is 4.74 Å². The largest absolute Gasteiger partial charge is 0.386 e. The molecule has 0 radical (unpaired) electrons. The molecule has 2 aliphatic carbocycles. The molecule has 0 amide bonds. The summed E-state index contributed by atoms with van der Waals surface area (Å²) in [7, 11) is 1.66. The summed E-state index contributed by atoms with van der Waals surface area (Å²) in [5.41, 5.74) is -0.570. The van der Waals surface area contributed by atoms with Gasteiger partial charge in [0.15, 0.2) is 0 Å². The van der Waals surface area contributed by atoms with Crippen molar-refractivity contribution in [3.63, 3.8) is 0 Å². The minimum Gasteiger partial charge on any atom is -0.386 e. The minimum absolute atomic E-state index is 0.429. The number of hydrogen-bond acceptors (Lipinski definition) is 3. The molecule has 0 aliphatic heterocycles. The van der Waals surface area contributed by atoms with Gasteiger partial charge in [0.05, 0.1) is 17.8 Å². The fraction of sp³-hybridized carbons (Fsp3) is 0.875. The Kier molecular flexibility index (Phi) is 5.04. The highest BCUT2D eigenvalue weighted by atomic mass is 16.5. The molecule has 110 valence electrons. The lowest BCUT2D eigenvalue weighted by molar-refractivity contribution is 0.0138. The van der Waals surface area contributed by atoms with Gasteiger partial charge in [-0.05, 0) is 37.3 Å². The second-order valence-electron chi connectivity index (χ2n) is 6.36. The van der Waals surface area contributed by atoms with E-state index in [-0.39, 0.29) is 0 Å². The van der Waals surface area contributed by atoms with Crippen LogP contribution in [0.5, 0.6) is 0 Å². The van der Waals surface area contributed by atoms with Gasteiger partial charge in [-0.25, -0.2) is 0 Å². The highest BCUT2D eigenvalue weighted by Crippen LogP contribution is 2.38. The molecule has 0 spiro atoms. The number of hydrogen-bond donors (Lipinski definition) is 2. The Morgan fingerprint density at radius 2 is 1.47 bits per heavy atom. The van der Waals surface area contributed by atoms with Crippen LogP contribution in [0.1, 0.15) is 64.2 Å². The molecule has 0 atom stereocenters. The smallest absolute Gasteiger partial charge is 0.0879 e. The molecular formula is C16H28O3. The van der Waals surface area contributed by atoms with Gasteiger partial charge in [-0.1, -0.05) is 38.5 Å². The Hall–Kier alpha value is -0.380. The average molecular weight is 268 g/mol. The first-order valence-electron chi connectivity index (χ1n) is 7.74. The predicted molar refractivity (Wildman–Crippen MR) is 76.0 cm³/mol. The van der Waals surface area contributed by atoms with E-state index < -0.39 is 11.2 Å². The van der Waals surface area contributed by atoms with Crippen LogP contribution >= 0.6 is 0 Å². The summed E-state index contributed by atoms with van der Waals surface area (Å²) in [6.07, 6.45) is 11.9. The Balaban J connectivity index is 2.17. The first-order valence-corrected chi connectivity index (χ1v) is 7.74. The molecule has 2 N–H and O–H groups in total. The normalized spacial score (nSPS) is 27.2. The van der Waals surface area contributed by atoms with Crippen LogP contribution < -0.4 is 0 Å². The molecule has 0 aromatic rings. The van der Waals surface area contributed by atoms with E-state index in [4.69, 9.17) is 4.74 Å². The van der Waals surface area contributed by atoms with E-state index in [2.05, 4.69) is 0 Å². The maximum atomic E-state index is 10.8. The van der Waals surface area contributed by atoms with Crippen molar-refractivity contribution < 1.29 is 14.9 Å². The van der Waals surface area contributed by atoms with Gasteiger partial charge in [-0.3, -0.25) is 0 Å². The third kappa shape index (κ3) is 3.80. The number of methoxy groups -OCH3 is 1. The van der Waals surface area contributed by atoms with Crippen molar-refractivity contribution in [2.75, 3.05) is 13.7 Å². The molecule has 2 rings (SSSR count).